The third kappa shape index (κ3) is 17.1. The standard InChI is InChI=1S/C9H11NO3.C5H10N2O3.C4H8N2O3/c10-8(9(12)13)5-6-1-3-7(11)4-2-6;6-3(5(9)10)1-2-4(7)8;5-2(4(8)9)1-3(6)7/h1-4,8,11H,5,10H2,(H,12,13);3H,1-2,6H2,(H2,7,8)(H,9,10);2H,1,5H2,(H2,6,7)(H,8,9). The lowest BCUT2D eigenvalue weighted by Crippen LogP contribution is -2.34. The molecule has 0 aliphatic carbocycles. The lowest BCUT2D eigenvalue weighted by atomic mass is 10.1. The summed E-state index contributed by atoms with van der Waals surface area (Å²) in [7, 11) is 0. The highest BCUT2D eigenvalue weighted by Gasteiger charge is 2.13. The Morgan fingerprint density at radius 2 is 1.16 bits per heavy atom. The second-order valence-corrected chi connectivity index (χ2v) is 6.38. The van der Waals surface area contributed by atoms with Crippen molar-refractivity contribution in [3.8, 4) is 5.75 Å². The number of carbonyl (C=O) groups is 5. The van der Waals surface area contributed by atoms with Gasteiger partial charge in [-0.25, -0.2) is 0 Å². The maximum Gasteiger partial charge on any atom is 0.321 e. The van der Waals surface area contributed by atoms with Crippen LogP contribution >= 0.6 is 0 Å². The van der Waals surface area contributed by atoms with E-state index in [1.807, 2.05) is 0 Å². The van der Waals surface area contributed by atoms with Gasteiger partial charge in [0.25, 0.3) is 0 Å². The van der Waals surface area contributed by atoms with Crippen LogP contribution < -0.4 is 28.7 Å². The molecule has 32 heavy (non-hydrogen) atoms. The molecule has 1 aromatic rings. The Hall–Kier alpha value is -3.75. The molecule has 1 rings (SSSR count). The van der Waals surface area contributed by atoms with Gasteiger partial charge in [0, 0.05) is 6.42 Å². The maximum absolute atomic E-state index is 10.4. The minimum absolute atomic E-state index is 0.0213. The number of amides is 2. The highest BCUT2D eigenvalue weighted by Crippen LogP contribution is 2.10. The van der Waals surface area contributed by atoms with Gasteiger partial charge in [0.2, 0.25) is 11.8 Å². The van der Waals surface area contributed by atoms with Crippen LogP contribution in [0.4, 0.5) is 0 Å². The summed E-state index contributed by atoms with van der Waals surface area (Å²) < 4.78 is 0. The summed E-state index contributed by atoms with van der Waals surface area (Å²) in [5.41, 5.74) is 25.5. The predicted molar refractivity (Wildman–Crippen MR) is 111 cm³/mol. The molecule has 0 aromatic heterocycles. The number of phenols is 1. The van der Waals surface area contributed by atoms with Crippen molar-refractivity contribution in [3.63, 3.8) is 0 Å². The van der Waals surface area contributed by atoms with E-state index in [0.29, 0.717) is 0 Å². The van der Waals surface area contributed by atoms with Crippen LogP contribution in [0.25, 0.3) is 0 Å². The van der Waals surface area contributed by atoms with Crippen molar-refractivity contribution >= 4 is 29.7 Å². The molecule has 2 amide bonds. The van der Waals surface area contributed by atoms with Crippen molar-refractivity contribution in [1.82, 2.24) is 0 Å². The molecule has 180 valence electrons. The summed E-state index contributed by atoms with van der Waals surface area (Å²) in [4.78, 5) is 50.4. The highest BCUT2D eigenvalue weighted by molar-refractivity contribution is 5.83. The summed E-state index contributed by atoms with van der Waals surface area (Å²) in [6, 6.07) is 3.28. The van der Waals surface area contributed by atoms with Gasteiger partial charge in [-0.15, -0.1) is 0 Å². The number of hydrogen-bond donors (Lipinski definition) is 9. The number of nitrogens with two attached hydrogens (primary N) is 5. The molecule has 14 heteroatoms. The zero-order chi connectivity index (χ0) is 25.4. The summed E-state index contributed by atoms with van der Waals surface area (Å²) in [5.74, 6) is -4.42. The molecule has 0 spiro atoms. The Balaban J connectivity index is 0. The molecule has 0 fully saturated rings. The average molecular weight is 459 g/mol. The van der Waals surface area contributed by atoms with Gasteiger partial charge in [0.1, 0.15) is 23.9 Å². The number of rotatable bonds is 10. The molecule has 3 unspecified atom stereocenters. The minimum atomic E-state index is -1.21. The van der Waals surface area contributed by atoms with Crippen molar-refractivity contribution < 1.29 is 44.4 Å². The molecule has 0 radical (unpaired) electrons. The number of phenolic OH excluding ortho intramolecular Hbond substituents is 1. The van der Waals surface area contributed by atoms with Gasteiger partial charge in [-0.1, -0.05) is 12.1 Å². The predicted octanol–water partition coefficient (Wildman–Crippen LogP) is -2.72. The van der Waals surface area contributed by atoms with Gasteiger partial charge in [0.05, 0.1) is 6.42 Å². The van der Waals surface area contributed by atoms with E-state index in [1.54, 1.807) is 12.1 Å². The van der Waals surface area contributed by atoms with Crippen molar-refractivity contribution in [2.75, 3.05) is 0 Å². The van der Waals surface area contributed by atoms with Gasteiger partial charge < -0.3 is 49.1 Å². The maximum atomic E-state index is 10.4. The van der Waals surface area contributed by atoms with Crippen LogP contribution in [0.1, 0.15) is 24.8 Å². The van der Waals surface area contributed by atoms with Crippen LogP contribution in [0.5, 0.6) is 5.75 Å². The number of hydrogen-bond acceptors (Lipinski definition) is 9. The first-order valence-corrected chi connectivity index (χ1v) is 8.97. The number of aliphatic carboxylic acids is 3. The number of benzene rings is 1. The third-order valence-corrected chi connectivity index (χ3v) is 3.47. The van der Waals surface area contributed by atoms with Crippen LogP contribution in [-0.2, 0) is 30.4 Å². The molecule has 1 aromatic carbocycles. The largest absolute Gasteiger partial charge is 0.508 e. The first-order chi connectivity index (χ1) is 14.7. The van der Waals surface area contributed by atoms with Crippen LogP contribution in [0, 0.1) is 0 Å². The number of aromatic hydroxyl groups is 1. The Morgan fingerprint density at radius 1 is 0.719 bits per heavy atom. The van der Waals surface area contributed by atoms with Gasteiger partial charge in [0.15, 0.2) is 0 Å². The summed E-state index contributed by atoms with van der Waals surface area (Å²) in [5, 5.41) is 33.8. The smallest absolute Gasteiger partial charge is 0.321 e. The summed E-state index contributed by atoms with van der Waals surface area (Å²) in [6.07, 6.45) is 0.0864. The summed E-state index contributed by atoms with van der Waals surface area (Å²) >= 11 is 0. The summed E-state index contributed by atoms with van der Waals surface area (Å²) in [6.45, 7) is 0. The molecule has 14 nitrogen and oxygen atoms in total. The minimum Gasteiger partial charge on any atom is -0.508 e. The Morgan fingerprint density at radius 3 is 1.47 bits per heavy atom. The van der Waals surface area contributed by atoms with Crippen LogP contribution in [0.2, 0.25) is 0 Å². The number of carboxylic acid groups (broad SMARTS) is 3. The molecular formula is C18H29N5O9. The number of carbonyl (C=O) groups excluding carboxylic acids is 2. The zero-order valence-electron chi connectivity index (χ0n) is 17.1. The highest BCUT2D eigenvalue weighted by atomic mass is 16.4. The second kappa shape index (κ2) is 16.0. The number of primary amides is 2. The Bertz CT molecular complexity index is 771. The quantitative estimate of drug-likeness (QED) is 0.172. The number of carboxylic acids is 3. The Labute approximate surface area is 183 Å². The van der Waals surface area contributed by atoms with E-state index in [9.17, 15) is 24.0 Å². The van der Waals surface area contributed by atoms with Crippen molar-refractivity contribution in [2.24, 2.45) is 28.7 Å². The van der Waals surface area contributed by atoms with Crippen LogP contribution in [0.15, 0.2) is 24.3 Å². The lowest BCUT2D eigenvalue weighted by Gasteiger charge is -2.05. The van der Waals surface area contributed by atoms with E-state index in [2.05, 4.69) is 5.73 Å². The first-order valence-electron chi connectivity index (χ1n) is 8.97. The van der Waals surface area contributed by atoms with E-state index in [4.69, 9.17) is 43.4 Å². The van der Waals surface area contributed by atoms with E-state index in [0.717, 1.165) is 5.56 Å². The SMILES string of the molecule is NC(=O)CC(N)C(=O)O.NC(=O)CCC(N)C(=O)O.NC(Cc1ccc(O)cc1)C(=O)O. The topological polar surface area (TPSA) is 296 Å². The van der Waals surface area contributed by atoms with Gasteiger partial charge in [-0.3, -0.25) is 24.0 Å². The van der Waals surface area contributed by atoms with Gasteiger partial charge in [-0.05, 0) is 30.5 Å². The Kier molecular flexibility index (Phi) is 15.2. The monoisotopic (exact) mass is 459 g/mol. The first kappa shape index (κ1) is 30.4. The van der Waals surface area contributed by atoms with Crippen molar-refractivity contribution in [1.29, 1.82) is 0 Å². The van der Waals surface area contributed by atoms with Crippen molar-refractivity contribution in [3.05, 3.63) is 29.8 Å². The normalized spacial score (nSPS) is 12.5. The van der Waals surface area contributed by atoms with Crippen LogP contribution in [0.3, 0.4) is 0 Å². The third-order valence-electron chi connectivity index (χ3n) is 3.47. The fraction of sp³-hybridized carbons (Fsp3) is 0.389. The van der Waals surface area contributed by atoms with Crippen LogP contribution in [-0.4, -0.2) is 68.3 Å². The molecule has 0 bridgehead atoms. The molecule has 0 heterocycles. The molecule has 0 aliphatic heterocycles. The molecule has 0 saturated heterocycles. The van der Waals surface area contributed by atoms with Crippen molar-refractivity contribution in [2.45, 2.75) is 43.8 Å². The molecule has 14 N–H and O–H groups in total. The van der Waals surface area contributed by atoms with E-state index >= 15 is 0 Å². The van der Waals surface area contributed by atoms with Gasteiger partial charge in [-0.2, -0.15) is 0 Å². The molecule has 0 saturated carbocycles. The molecule has 0 aliphatic rings. The fourth-order valence-corrected chi connectivity index (χ4v) is 1.70. The van der Waals surface area contributed by atoms with E-state index in [1.165, 1.54) is 12.1 Å². The molecule has 3 atom stereocenters. The lowest BCUT2D eigenvalue weighted by molar-refractivity contribution is -0.140. The van der Waals surface area contributed by atoms with E-state index < -0.39 is 47.8 Å². The van der Waals surface area contributed by atoms with Gasteiger partial charge >= 0.3 is 17.9 Å². The second-order valence-electron chi connectivity index (χ2n) is 6.38. The zero-order valence-corrected chi connectivity index (χ0v) is 17.1. The van der Waals surface area contributed by atoms with E-state index in [-0.39, 0.29) is 31.4 Å². The fourth-order valence-electron chi connectivity index (χ4n) is 1.70. The molecular weight excluding hydrogens is 430 g/mol. The average Bonchev–Trinajstić information content (AvgIpc) is 2.68.